The highest BCUT2D eigenvalue weighted by Gasteiger charge is 2.29. The van der Waals surface area contributed by atoms with Gasteiger partial charge in [-0.05, 0) is 128 Å². The predicted molar refractivity (Wildman–Crippen MR) is 274 cm³/mol. The van der Waals surface area contributed by atoms with Gasteiger partial charge in [-0.15, -0.1) is 0 Å². The summed E-state index contributed by atoms with van der Waals surface area (Å²) in [5.41, 5.74) is 16.0. The lowest BCUT2D eigenvalue weighted by atomic mass is 9.78. The number of para-hydroxylation sites is 1. The summed E-state index contributed by atoms with van der Waals surface area (Å²) < 4.78 is 25.9. The van der Waals surface area contributed by atoms with Gasteiger partial charge in [-0.25, -0.2) is 4.98 Å². The van der Waals surface area contributed by atoms with Gasteiger partial charge in [0.05, 0.1) is 22.3 Å². The molecule has 324 valence electrons. The number of pyridine rings is 1. The summed E-state index contributed by atoms with van der Waals surface area (Å²) in [4.78, 5) is 10.6. The Labute approximate surface area is 389 Å². The van der Waals surface area contributed by atoms with Crippen LogP contribution in [-0.4, -0.2) is 19.6 Å². The number of imidazole rings is 1. The fourth-order valence-electron chi connectivity index (χ4n) is 8.90. The molecule has 0 amide bonds. The van der Waals surface area contributed by atoms with E-state index in [-0.39, 0.29) is 22.0 Å². The molecule has 4 heteroatoms. The molecule has 0 saturated carbocycles. The maximum atomic E-state index is 12.5. The molecular weight excluding hydrogens is 791 g/mol. The lowest BCUT2D eigenvalue weighted by Gasteiger charge is -2.28. The monoisotopic (exact) mass is 852 g/mol. The summed E-state index contributed by atoms with van der Waals surface area (Å²) >= 11 is 0. The van der Waals surface area contributed by atoms with Crippen LogP contribution < -0.4 is 0 Å². The second-order valence-corrected chi connectivity index (χ2v) is 20.4. The summed E-state index contributed by atoms with van der Waals surface area (Å²) in [6.07, 6.45) is 1.81. The lowest BCUT2D eigenvalue weighted by Crippen LogP contribution is -2.17. The quantitative estimate of drug-likeness (QED) is 0.174. The van der Waals surface area contributed by atoms with E-state index in [0.717, 1.165) is 78.0 Å². The molecule has 1 N–H and O–H groups in total. The van der Waals surface area contributed by atoms with Gasteiger partial charge < -0.3 is 5.11 Å². The summed E-state index contributed by atoms with van der Waals surface area (Å²) in [6.45, 7) is 17.7. The summed E-state index contributed by atoms with van der Waals surface area (Å²) in [5.74, 6) is 0.889. The van der Waals surface area contributed by atoms with Gasteiger partial charge in [0.15, 0.2) is 0 Å². The summed E-state index contributed by atoms with van der Waals surface area (Å²) in [5, 5.41) is 12.5. The Hall–Kier alpha value is -7.04. The molecule has 65 heavy (non-hydrogen) atoms. The standard InChI is InChI=1S/C61H59N3O/c1-39-24-26-41(27-25-39)43-30-31-62-54(35-43)46-33-44(40-18-13-11-14-19-40)32-45(34-46)50-22-17-23-55-56(50)63-58(51-36-47(59(2,3)4)37-53(57(51)65)61(8,9)10)64(55)48-28-29-49(42-20-15-12-16-21-42)52(38-48)60(5,6)7/h11-38,65H,1-10H3/i1D3. The highest BCUT2D eigenvalue weighted by atomic mass is 16.3. The van der Waals surface area contributed by atoms with Crippen LogP contribution in [0.3, 0.4) is 0 Å². The van der Waals surface area contributed by atoms with E-state index in [4.69, 9.17) is 14.1 Å². The van der Waals surface area contributed by atoms with E-state index < -0.39 is 6.85 Å². The number of aromatic hydroxyl groups is 1. The van der Waals surface area contributed by atoms with Crippen molar-refractivity contribution in [1.29, 1.82) is 0 Å². The van der Waals surface area contributed by atoms with Crippen LogP contribution in [0, 0.1) is 6.85 Å². The first-order valence-corrected chi connectivity index (χ1v) is 22.5. The van der Waals surface area contributed by atoms with Crippen LogP contribution in [0.25, 0.3) is 83.9 Å². The van der Waals surface area contributed by atoms with E-state index in [2.05, 4.69) is 194 Å². The number of aromatic nitrogens is 3. The van der Waals surface area contributed by atoms with Gasteiger partial charge in [0.1, 0.15) is 11.6 Å². The van der Waals surface area contributed by atoms with Crippen LogP contribution in [0.4, 0.5) is 0 Å². The van der Waals surface area contributed by atoms with Crippen molar-refractivity contribution >= 4 is 11.0 Å². The zero-order valence-electron chi connectivity index (χ0n) is 42.0. The van der Waals surface area contributed by atoms with Crippen molar-refractivity contribution in [3.63, 3.8) is 0 Å². The van der Waals surface area contributed by atoms with Gasteiger partial charge in [-0.2, -0.15) is 0 Å². The van der Waals surface area contributed by atoms with E-state index in [1.54, 1.807) is 12.1 Å². The molecule has 0 aliphatic heterocycles. The van der Waals surface area contributed by atoms with Gasteiger partial charge in [-0.1, -0.05) is 177 Å². The molecule has 9 rings (SSSR count). The molecule has 0 spiro atoms. The molecule has 0 saturated heterocycles. The minimum atomic E-state index is -2.18. The highest BCUT2D eigenvalue weighted by molar-refractivity contribution is 5.98. The van der Waals surface area contributed by atoms with Crippen molar-refractivity contribution in [2.24, 2.45) is 0 Å². The molecule has 0 aliphatic carbocycles. The zero-order valence-corrected chi connectivity index (χ0v) is 39.0. The third-order valence-electron chi connectivity index (χ3n) is 12.5. The smallest absolute Gasteiger partial charge is 0.149 e. The minimum Gasteiger partial charge on any atom is -0.507 e. The fraction of sp³-hybridized carbons (Fsp3) is 0.213. The molecule has 2 aromatic heterocycles. The highest BCUT2D eigenvalue weighted by Crippen LogP contribution is 2.46. The normalized spacial score (nSPS) is 13.1. The molecular formula is C61H59N3O. The summed E-state index contributed by atoms with van der Waals surface area (Å²) in [6, 6.07) is 56.0. The Balaban J connectivity index is 1.31. The minimum absolute atomic E-state index is 0.197. The van der Waals surface area contributed by atoms with Crippen LogP contribution in [0.15, 0.2) is 170 Å². The lowest BCUT2D eigenvalue weighted by molar-refractivity contribution is 0.446. The molecule has 0 aliphatic rings. The van der Waals surface area contributed by atoms with Crippen LogP contribution in [0.1, 0.15) is 88.7 Å². The van der Waals surface area contributed by atoms with Crippen molar-refractivity contribution in [2.75, 3.05) is 0 Å². The number of hydrogen-bond donors (Lipinski definition) is 1. The number of phenols is 1. The molecule has 9 aromatic rings. The van der Waals surface area contributed by atoms with Crippen molar-refractivity contribution in [1.82, 2.24) is 14.5 Å². The first-order valence-electron chi connectivity index (χ1n) is 24.0. The number of aryl methyl sites for hydroxylation is 1. The van der Waals surface area contributed by atoms with Gasteiger partial charge in [0.2, 0.25) is 0 Å². The average Bonchev–Trinajstić information content (AvgIpc) is 3.70. The number of nitrogens with zero attached hydrogens (tertiary/aromatic N) is 3. The van der Waals surface area contributed by atoms with E-state index >= 15 is 0 Å². The molecule has 0 atom stereocenters. The van der Waals surface area contributed by atoms with Gasteiger partial charge in [0, 0.05) is 32.7 Å². The van der Waals surface area contributed by atoms with Gasteiger partial charge in [0.25, 0.3) is 0 Å². The van der Waals surface area contributed by atoms with E-state index in [9.17, 15) is 5.11 Å². The largest absolute Gasteiger partial charge is 0.507 e. The Bertz CT molecular complexity index is 3310. The Kier molecular flexibility index (Phi) is 10.0. The maximum Gasteiger partial charge on any atom is 0.149 e. The van der Waals surface area contributed by atoms with Crippen molar-refractivity contribution in [3.05, 3.63) is 192 Å². The van der Waals surface area contributed by atoms with E-state index in [1.807, 2.05) is 30.5 Å². The Morgan fingerprint density at radius 1 is 0.477 bits per heavy atom. The Morgan fingerprint density at radius 3 is 1.78 bits per heavy atom. The first-order chi connectivity index (χ1) is 32.1. The SMILES string of the molecule is [2H]C([2H])([2H])c1ccc(-c2ccnc(-c3cc(-c4ccccc4)cc(-c4cccc5c4nc(-c4cc(C(C)(C)C)cc(C(C)(C)C)c4O)n5-c4ccc(-c5ccccc5)c(C(C)(C)C)c4)c3)c2)cc1. The van der Waals surface area contributed by atoms with E-state index in [0.29, 0.717) is 17.0 Å². The predicted octanol–water partition coefficient (Wildman–Crippen LogP) is 16.3. The number of benzene rings is 7. The molecule has 0 radical (unpaired) electrons. The molecule has 4 nitrogen and oxygen atoms in total. The first kappa shape index (κ1) is 39.5. The van der Waals surface area contributed by atoms with Gasteiger partial charge in [-0.3, -0.25) is 9.55 Å². The number of phenolic OH excluding ortho intramolecular Hbond substituents is 1. The van der Waals surface area contributed by atoms with Crippen LogP contribution in [-0.2, 0) is 16.2 Å². The molecule has 0 unspecified atom stereocenters. The van der Waals surface area contributed by atoms with Gasteiger partial charge >= 0.3 is 0 Å². The second kappa shape index (κ2) is 16.5. The van der Waals surface area contributed by atoms with Crippen LogP contribution in [0.5, 0.6) is 5.75 Å². The molecule has 2 heterocycles. The zero-order chi connectivity index (χ0) is 48.3. The summed E-state index contributed by atoms with van der Waals surface area (Å²) in [7, 11) is 0. The average molecular weight is 853 g/mol. The van der Waals surface area contributed by atoms with Crippen LogP contribution in [0.2, 0.25) is 0 Å². The molecule has 0 bridgehead atoms. The Morgan fingerprint density at radius 2 is 1.12 bits per heavy atom. The third-order valence-corrected chi connectivity index (χ3v) is 12.5. The molecule has 0 fully saturated rings. The number of fused-ring (bicyclic) bond motifs is 1. The second-order valence-electron chi connectivity index (χ2n) is 20.4. The molecule has 7 aromatic carbocycles. The third kappa shape index (κ3) is 8.54. The maximum absolute atomic E-state index is 12.5. The van der Waals surface area contributed by atoms with Crippen molar-refractivity contribution in [2.45, 2.75) is 85.4 Å². The van der Waals surface area contributed by atoms with Crippen LogP contribution >= 0.6 is 0 Å². The number of hydrogen-bond acceptors (Lipinski definition) is 3. The van der Waals surface area contributed by atoms with Crippen molar-refractivity contribution < 1.29 is 9.22 Å². The van der Waals surface area contributed by atoms with Crippen molar-refractivity contribution in [3.8, 4) is 78.6 Å². The van der Waals surface area contributed by atoms with E-state index in [1.165, 1.54) is 11.1 Å². The fourth-order valence-corrected chi connectivity index (χ4v) is 8.90. The topological polar surface area (TPSA) is 50.9 Å². The number of rotatable bonds is 7.